The number of rotatable bonds is 4. The first-order valence-electron chi connectivity index (χ1n) is 7.41. The summed E-state index contributed by atoms with van der Waals surface area (Å²) in [6, 6.07) is 9.99. The van der Waals surface area contributed by atoms with Crippen molar-refractivity contribution in [1.82, 2.24) is 24.9 Å². The Labute approximate surface area is 139 Å². The van der Waals surface area contributed by atoms with Gasteiger partial charge in [-0.25, -0.2) is 0 Å². The van der Waals surface area contributed by atoms with Crippen molar-refractivity contribution in [3.05, 3.63) is 48.4 Å². The van der Waals surface area contributed by atoms with Crippen molar-refractivity contribution in [2.24, 2.45) is 0 Å². The fourth-order valence-electron chi connectivity index (χ4n) is 1.98. The first-order valence-corrected chi connectivity index (χ1v) is 8.29. The lowest BCUT2D eigenvalue weighted by Crippen LogP contribution is -2.13. The van der Waals surface area contributed by atoms with Gasteiger partial charge in [-0.15, -0.1) is 10.2 Å². The maximum atomic E-state index is 5.41. The summed E-state index contributed by atoms with van der Waals surface area (Å²) < 4.78 is 7.35. The highest BCUT2D eigenvalue weighted by Crippen LogP contribution is 2.34. The number of benzene rings is 1. The van der Waals surface area contributed by atoms with Gasteiger partial charge in [0, 0.05) is 11.1 Å². The molecule has 1 unspecified atom stereocenters. The van der Waals surface area contributed by atoms with Crippen molar-refractivity contribution in [3.63, 3.8) is 0 Å². The summed E-state index contributed by atoms with van der Waals surface area (Å²) in [4.78, 5) is 4.51. The van der Waals surface area contributed by atoms with Gasteiger partial charge >= 0.3 is 0 Å². The average molecular weight is 329 g/mol. The minimum atomic E-state index is -0.129. The number of para-hydroxylation sites is 1. The van der Waals surface area contributed by atoms with Crippen LogP contribution < -0.4 is 0 Å². The molecule has 3 rings (SSSR count). The van der Waals surface area contributed by atoms with E-state index in [1.165, 1.54) is 0 Å². The second-order valence-electron chi connectivity index (χ2n) is 6.29. The molecule has 0 spiro atoms. The van der Waals surface area contributed by atoms with Gasteiger partial charge in [0.1, 0.15) is 6.33 Å². The molecule has 0 N–H and O–H groups in total. The van der Waals surface area contributed by atoms with Crippen molar-refractivity contribution in [1.29, 1.82) is 0 Å². The number of hydrogen-bond acceptors (Lipinski definition) is 6. The van der Waals surface area contributed by atoms with E-state index in [-0.39, 0.29) is 10.7 Å². The Bertz CT molecular complexity index is 775. The molecule has 6 nitrogen and oxygen atoms in total. The molecule has 0 aliphatic heterocycles. The van der Waals surface area contributed by atoms with E-state index in [4.69, 9.17) is 4.52 Å². The zero-order chi connectivity index (χ0) is 16.4. The Kier molecular flexibility index (Phi) is 4.21. The molecule has 3 aromatic rings. The van der Waals surface area contributed by atoms with Gasteiger partial charge in [-0.1, -0.05) is 55.9 Å². The Balaban J connectivity index is 1.80. The lowest BCUT2D eigenvalue weighted by atomic mass is 9.96. The summed E-state index contributed by atoms with van der Waals surface area (Å²) in [6.07, 6.45) is 1.71. The van der Waals surface area contributed by atoms with E-state index in [9.17, 15) is 0 Å². The molecule has 0 bridgehead atoms. The van der Waals surface area contributed by atoms with Crippen LogP contribution in [0.15, 0.2) is 46.3 Å². The van der Waals surface area contributed by atoms with Gasteiger partial charge in [0.15, 0.2) is 11.0 Å². The average Bonchev–Trinajstić information content (AvgIpc) is 3.16. The molecule has 0 aliphatic rings. The van der Waals surface area contributed by atoms with Crippen LogP contribution in [0.3, 0.4) is 0 Å². The van der Waals surface area contributed by atoms with Crippen molar-refractivity contribution in [3.8, 4) is 5.69 Å². The summed E-state index contributed by atoms with van der Waals surface area (Å²) in [5, 5.41) is 13.1. The lowest BCUT2D eigenvalue weighted by molar-refractivity contribution is 0.364. The first kappa shape index (κ1) is 15.7. The van der Waals surface area contributed by atoms with Gasteiger partial charge in [-0.2, -0.15) is 4.98 Å². The van der Waals surface area contributed by atoms with Crippen LogP contribution in [0, 0.1) is 0 Å². The third-order valence-electron chi connectivity index (χ3n) is 3.29. The van der Waals surface area contributed by atoms with Crippen LogP contribution >= 0.6 is 11.8 Å². The van der Waals surface area contributed by atoms with Crippen LogP contribution in [0.25, 0.3) is 5.69 Å². The molecule has 0 saturated carbocycles. The van der Waals surface area contributed by atoms with Crippen molar-refractivity contribution in [2.75, 3.05) is 0 Å². The summed E-state index contributed by atoms with van der Waals surface area (Å²) in [5.41, 5.74) is 0.893. The molecule has 1 atom stereocenters. The summed E-state index contributed by atoms with van der Waals surface area (Å²) in [5.74, 6) is 1.31. The predicted octanol–water partition coefficient (Wildman–Crippen LogP) is 3.80. The van der Waals surface area contributed by atoms with Crippen LogP contribution in [-0.4, -0.2) is 24.9 Å². The standard InChI is InChI=1S/C16H19N5OS/c1-11(13-18-14(20-22-13)16(2,3)4)23-15-19-17-10-21(15)12-8-6-5-7-9-12/h5-11H,1-4H3. The molecule has 2 heterocycles. The third-order valence-corrected chi connectivity index (χ3v) is 4.34. The van der Waals surface area contributed by atoms with E-state index in [1.807, 2.05) is 41.8 Å². The van der Waals surface area contributed by atoms with Gasteiger partial charge in [0.2, 0.25) is 5.89 Å². The quantitative estimate of drug-likeness (QED) is 0.678. The topological polar surface area (TPSA) is 69.6 Å². The molecular formula is C16H19N5OS. The minimum Gasteiger partial charge on any atom is -0.338 e. The highest BCUT2D eigenvalue weighted by molar-refractivity contribution is 7.99. The normalized spacial score (nSPS) is 13.2. The summed E-state index contributed by atoms with van der Waals surface area (Å²) >= 11 is 1.54. The van der Waals surface area contributed by atoms with Crippen LogP contribution in [0.5, 0.6) is 0 Å². The Morgan fingerprint density at radius 2 is 1.91 bits per heavy atom. The van der Waals surface area contributed by atoms with Gasteiger partial charge in [0.05, 0.1) is 5.25 Å². The van der Waals surface area contributed by atoms with E-state index in [1.54, 1.807) is 18.1 Å². The molecule has 0 aliphatic carbocycles. The molecule has 7 heteroatoms. The predicted molar refractivity (Wildman–Crippen MR) is 88.6 cm³/mol. The maximum absolute atomic E-state index is 5.41. The fourth-order valence-corrected chi connectivity index (χ4v) is 2.86. The van der Waals surface area contributed by atoms with Crippen LogP contribution in [0.2, 0.25) is 0 Å². The minimum absolute atomic E-state index is 0.00902. The Hall–Kier alpha value is -2.15. The van der Waals surface area contributed by atoms with Gasteiger partial charge in [-0.3, -0.25) is 4.57 Å². The molecule has 2 aromatic heterocycles. The fraction of sp³-hybridized carbons (Fsp3) is 0.375. The second-order valence-corrected chi connectivity index (χ2v) is 7.59. The summed E-state index contributed by atoms with van der Waals surface area (Å²) in [7, 11) is 0. The van der Waals surface area contributed by atoms with E-state index < -0.39 is 0 Å². The number of hydrogen-bond donors (Lipinski definition) is 0. The Morgan fingerprint density at radius 3 is 2.57 bits per heavy atom. The molecule has 120 valence electrons. The third kappa shape index (κ3) is 3.44. The maximum Gasteiger partial charge on any atom is 0.239 e. The highest BCUT2D eigenvalue weighted by Gasteiger charge is 2.24. The number of thioether (sulfide) groups is 1. The Morgan fingerprint density at radius 1 is 1.17 bits per heavy atom. The highest BCUT2D eigenvalue weighted by atomic mass is 32.2. The van der Waals surface area contributed by atoms with Crippen molar-refractivity contribution in [2.45, 2.75) is 43.5 Å². The van der Waals surface area contributed by atoms with Gasteiger partial charge in [0.25, 0.3) is 0 Å². The molecule has 0 fully saturated rings. The smallest absolute Gasteiger partial charge is 0.239 e. The van der Waals surface area contributed by atoms with Gasteiger partial charge < -0.3 is 4.52 Å². The lowest BCUT2D eigenvalue weighted by Gasteiger charge is -2.11. The number of nitrogens with zero attached hydrogens (tertiary/aromatic N) is 5. The monoisotopic (exact) mass is 329 g/mol. The van der Waals surface area contributed by atoms with Crippen LogP contribution in [0.4, 0.5) is 0 Å². The molecule has 0 saturated heterocycles. The van der Waals surface area contributed by atoms with E-state index >= 15 is 0 Å². The zero-order valence-corrected chi connectivity index (χ0v) is 14.4. The molecule has 0 amide bonds. The van der Waals surface area contributed by atoms with Crippen LogP contribution in [-0.2, 0) is 5.41 Å². The molecule has 0 radical (unpaired) electrons. The van der Waals surface area contributed by atoms with Crippen LogP contribution in [0.1, 0.15) is 44.7 Å². The van der Waals surface area contributed by atoms with E-state index in [2.05, 4.69) is 41.1 Å². The van der Waals surface area contributed by atoms with E-state index in [0.29, 0.717) is 11.7 Å². The second kappa shape index (κ2) is 6.16. The zero-order valence-electron chi connectivity index (χ0n) is 13.6. The number of aromatic nitrogens is 5. The molecular weight excluding hydrogens is 310 g/mol. The van der Waals surface area contributed by atoms with Gasteiger partial charge in [-0.05, 0) is 19.1 Å². The SMILES string of the molecule is CC(Sc1nncn1-c1ccccc1)c1nc(C(C)(C)C)no1. The summed E-state index contributed by atoms with van der Waals surface area (Å²) in [6.45, 7) is 8.21. The first-order chi connectivity index (χ1) is 10.9. The van der Waals surface area contributed by atoms with E-state index in [0.717, 1.165) is 10.8 Å². The largest absolute Gasteiger partial charge is 0.338 e. The molecule has 1 aromatic carbocycles. The molecule has 23 heavy (non-hydrogen) atoms. The van der Waals surface area contributed by atoms with Crippen molar-refractivity contribution >= 4 is 11.8 Å². The van der Waals surface area contributed by atoms with Crippen molar-refractivity contribution < 1.29 is 4.52 Å².